The normalized spacial score (nSPS) is 10.0. The second-order valence-corrected chi connectivity index (χ2v) is 4.24. The molecule has 2 nitrogen and oxygen atoms in total. The van der Waals surface area contributed by atoms with Crippen molar-refractivity contribution in [2.24, 2.45) is 0 Å². The van der Waals surface area contributed by atoms with Gasteiger partial charge < -0.3 is 5.32 Å². The molecule has 1 N–H and O–H groups in total. The Morgan fingerprint density at radius 1 is 1.15 bits per heavy atom. The zero-order valence-electron chi connectivity index (χ0n) is 8.44. The minimum atomic E-state index is 0.173. The predicted molar refractivity (Wildman–Crippen MR) is 65.3 cm³/mol. The highest BCUT2D eigenvalue weighted by molar-refractivity contribution is 14.1. The number of alkyl halides is 1. The van der Waals surface area contributed by atoms with E-state index in [1.54, 1.807) is 0 Å². The number of hydrogen-bond donors (Lipinski definition) is 1. The van der Waals surface area contributed by atoms with Gasteiger partial charge in [0, 0.05) is 13.0 Å². The summed E-state index contributed by atoms with van der Waals surface area (Å²) < 4.78 is 1.27. The van der Waals surface area contributed by atoms with Gasteiger partial charge in [-0.25, -0.2) is 0 Å². The fraction of sp³-hybridized carbons (Fsp3) is 0.900. The average molecular weight is 297 g/mol. The van der Waals surface area contributed by atoms with Crippen LogP contribution in [0.15, 0.2) is 0 Å². The van der Waals surface area contributed by atoms with Gasteiger partial charge in [0.2, 0.25) is 5.91 Å². The number of carbonyl (C=O) groups excluding carboxylic acids is 1. The molecule has 0 atom stereocenters. The molecule has 0 saturated heterocycles. The molecule has 13 heavy (non-hydrogen) atoms. The van der Waals surface area contributed by atoms with Crippen LogP contribution in [0.25, 0.3) is 0 Å². The quantitative estimate of drug-likeness (QED) is 0.416. The van der Waals surface area contributed by atoms with Crippen LogP contribution in [0.2, 0.25) is 0 Å². The van der Waals surface area contributed by atoms with E-state index < -0.39 is 0 Å². The third-order valence-corrected chi connectivity index (χ3v) is 2.72. The SMILES string of the molecule is CCC(=O)NCCCCCCCI. The van der Waals surface area contributed by atoms with E-state index in [0.29, 0.717) is 6.42 Å². The van der Waals surface area contributed by atoms with E-state index in [0.717, 1.165) is 13.0 Å². The molecule has 0 rings (SSSR count). The third kappa shape index (κ3) is 10.1. The van der Waals surface area contributed by atoms with Gasteiger partial charge in [-0.2, -0.15) is 0 Å². The van der Waals surface area contributed by atoms with Gasteiger partial charge in [0.25, 0.3) is 0 Å². The summed E-state index contributed by atoms with van der Waals surface area (Å²) in [7, 11) is 0. The van der Waals surface area contributed by atoms with Crippen LogP contribution < -0.4 is 5.32 Å². The Balaban J connectivity index is 2.95. The summed E-state index contributed by atoms with van der Waals surface area (Å²) in [4.78, 5) is 10.8. The zero-order valence-corrected chi connectivity index (χ0v) is 10.6. The molecule has 0 heterocycles. The summed E-state index contributed by atoms with van der Waals surface area (Å²) in [6.07, 6.45) is 6.97. The lowest BCUT2D eigenvalue weighted by atomic mass is 10.1. The van der Waals surface area contributed by atoms with E-state index >= 15 is 0 Å². The molecule has 1 amide bonds. The maximum Gasteiger partial charge on any atom is 0.219 e. The lowest BCUT2D eigenvalue weighted by Crippen LogP contribution is -2.23. The highest BCUT2D eigenvalue weighted by Crippen LogP contribution is 2.03. The monoisotopic (exact) mass is 297 g/mol. The van der Waals surface area contributed by atoms with Crippen LogP contribution in [-0.4, -0.2) is 16.9 Å². The molecule has 0 aromatic rings. The topological polar surface area (TPSA) is 29.1 Å². The molecular weight excluding hydrogens is 277 g/mol. The van der Waals surface area contributed by atoms with Crippen molar-refractivity contribution >= 4 is 28.5 Å². The maximum absolute atomic E-state index is 10.8. The molecule has 0 aliphatic rings. The van der Waals surface area contributed by atoms with E-state index in [1.165, 1.54) is 30.1 Å². The van der Waals surface area contributed by atoms with E-state index in [1.807, 2.05) is 6.92 Å². The fourth-order valence-electron chi connectivity index (χ4n) is 1.10. The van der Waals surface area contributed by atoms with E-state index in [2.05, 4.69) is 27.9 Å². The minimum Gasteiger partial charge on any atom is -0.356 e. The molecule has 0 radical (unpaired) electrons. The molecule has 0 fully saturated rings. The van der Waals surface area contributed by atoms with Gasteiger partial charge in [0.1, 0.15) is 0 Å². The van der Waals surface area contributed by atoms with Gasteiger partial charge in [0.15, 0.2) is 0 Å². The maximum atomic E-state index is 10.8. The van der Waals surface area contributed by atoms with E-state index in [4.69, 9.17) is 0 Å². The van der Waals surface area contributed by atoms with Crippen LogP contribution in [0.4, 0.5) is 0 Å². The second-order valence-electron chi connectivity index (χ2n) is 3.16. The summed E-state index contributed by atoms with van der Waals surface area (Å²) in [6.45, 7) is 2.74. The Morgan fingerprint density at radius 3 is 2.38 bits per heavy atom. The third-order valence-electron chi connectivity index (χ3n) is 1.95. The minimum absolute atomic E-state index is 0.173. The number of rotatable bonds is 8. The van der Waals surface area contributed by atoms with Crippen molar-refractivity contribution in [3.63, 3.8) is 0 Å². The standard InChI is InChI=1S/C10H20INO/c1-2-10(13)12-9-7-5-3-4-6-8-11/h2-9H2,1H3,(H,12,13). The van der Waals surface area contributed by atoms with Gasteiger partial charge in [-0.3, -0.25) is 4.79 Å². The summed E-state index contributed by atoms with van der Waals surface area (Å²) >= 11 is 2.41. The van der Waals surface area contributed by atoms with Crippen LogP contribution in [0, 0.1) is 0 Å². The number of unbranched alkanes of at least 4 members (excludes halogenated alkanes) is 4. The molecule has 0 aromatic heterocycles. The van der Waals surface area contributed by atoms with Gasteiger partial charge in [0.05, 0.1) is 0 Å². The molecule has 78 valence electrons. The van der Waals surface area contributed by atoms with Crippen molar-refractivity contribution in [1.29, 1.82) is 0 Å². The number of halogens is 1. The van der Waals surface area contributed by atoms with Crippen molar-refractivity contribution in [2.45, 2.75) is 45.4 Å². The van der Waals surface area contributed by atoms with Crippen molar-refractivity contribution in [3.05, 3.63) is 0 Å². The second kappa shape index (κ2) is 10.3. The average Bonchev–Trinajstić information content (AvgIpc) is 2.16. The zero-order chi connectivity index (χ0) is 9.94. The summed E-state index contributed by atoms with van der Waals surface area (Å²) in [5.41, 5.74) is 0. The van der Waals surface area contributed by atoms with Gasteiger partial charge in [-0.1, -0.05) is 48.8 Å². The molecule has 0 spiro atoms. The smallest absolute Gasteiger partial charge is 0.219 e. The van der Waals surface area contributed by atoms with Gasteiger partial charge in [-0.15, -0.1) is 0 Å². The number of carbonyl (C=O) groups is 1. The molecule has 0 saturated carbocycles. The van der Waals surface area contributed by atoms with E-state index in [9.17, 15) is 4.79 Å². The first-order valence-electron chi connectivity index (χ1n) is 5.14. The highest BCUT2D eigenvalue weighted by Gasteiger charge is 1.94. The Bertz CT molecular complexity index is 128. The lowest BCUT2D eigenvalue weighted by Gasteiger charge is -2.02. The molecule has 3 heteroatoms. The summed E-state index contributed by atoms with van der Waals surface area (Å²) in [6, 6.07) is 0. The van der Waals surface area contributed by atoms with Crippen molar-refractivity contribution in [3.8, 4) is 0 Å². The largest absolute Gasteiger partial charge is 0.356 e. The molecule has 0 aliphatic carbocycles. The van der Waals surface area contributed by atoms with Crippen LogP contribution in [0.1, 0.15) is 45.4 Å². The first-order valence-corrected chi connectivity index (χ1v) is 6.66. The molecule has 0 bridgehead atoms. The fourth-order valence-corrected chi connectivity index (χ4v) is 1.64. The van der Waals surface area contributed by atoms with Crippen LogP contribution in [-0.2, 0) is 4.79 Å². The predicted octanol–water partition coefficient (Wildman–Crippen LogP) is 2.90. The van der Waals surface area contributed by atoms with E-state index in [-0.39, 0.29) is 5.91 Å². The highest BCUT2D eigenvalue weighted by atomic mass is 127. The molecular formula is C10H20INO. The lowest BCUT2D eigenvalue weighted by molar-refractivity contribution is -0.120. The van der Waals surface area contributed by atoms with Crippen molar-refractivity contribution in [2.75, 3.05) is 11.0 Å². The van der Waals surface area contributed by atoms with Crippen molar-refractivity contribution < 1.29 is 4.79 Å². The number of nitrogens with one attached hydrogen (secondary N) is 1. The first-order chi connectivity index (χ1) is 6.31. The van der Waals surface area contributed by atoms with Crippen LogP contribution in [0.5, 0.6) is 0 Å². The Morgan fingerprint density at radius 2 is 1.77 bits per heavy atom. The Hall–Kier alpha value is 0.200. The van der Waals surface area contributed by atoms with Crippen molar-refractivity contribution in [1.82, 2.24) is 5.32 Å². The van der Waals surface area contributed by atoms with Gasteiger partial charge >= 0.3 is 0 Å². The summed E-state index contributed by atoms with van der Waals surface area (Å²) in [5.74, 6) is 0.173. The Kier molecular flexibility index (Phi) is 10.4. The number of amides is 1. The Labute approximate surface area is 95.0 Å². The first kappa shape index (κ1) is 13.2. The summed E-state index contributed by atoms with van der Waals surface area (Å²) in [5, 5.41) is 2.88. The van der Waals surface area contributed by atoms with Crippen LogP contribution >= 0.6 is 22.6 Å². The van der Waals surface area contributed by atoms with Gasteiger partial charge in [-0.05, 0) is 17.3 Å². The molecule has 0 unspecified atom stereocenters. The van der Waals surface area contributed by atoms with Crippen LogP contribution in [0.3, 0.4) is 0 Å². The molecule has 0 aromatic carbocycles. The number of hydrogen-bond acceptors (Lipinski definition) is 1. The molecule has 0 aliphatic heterocycles.